The zero-order valence-electron chi connectivity index (χ0n) is 18.2. The number of rotatable bonds is 11. The Hall–Kier alpha value is -3.47. The molecule has 0 fully saturated rings. The fourth-order valence-electron chi connectivity index (χ4n) is 3.23. The second kappa shape index (κ2) is 12.5. The summed E-state index contributed by atoms with van der Waals surface area (Å²) in [5, 5.41) is 20.9. The highest BCUT2D eigenvalue weighted by molar-refractivity contribution is 7.85. The molecule has 3 aromatic rings. The number of carbonyl (C=O) groups excluding carboxylic acids is 1. The molecule has 0 saturated heterocycles. The van der Waals surface area contributed by atoms with E-state index in [1.54, 1.807) is 72.8 Å². The lowest BCUT2D eigenvalue weighted by Crippen LogP contribution is -2.14. The maximum absolute atomic E-state index is 13.2. The van der Waals surface area contributed by atoms with Gasteiger partial charge in [-0.15, -0.1) is 0 Å². The van der Waals surface area contributed by atoms with Crippen molar-refractivity contribution in [3.8, 4) is 11.8 Å². The number of nitrogens with zero attached hydrogens (tertiary/aromatic N) is 1. The summed E-state index contributed by atoms with van der Waals surface area (Å²) in [5.41, 5.74) is 1.21. The van der Waals surface area contributed by atoms with E-state index in [2.05, 4.69) is 11.4 Å². The second-order valence-corrected chi connectivity index (χ2v) is 8.75. The van der Waals surface area contributed by atoms with Crippen LogP contribution in [0.25, 0.3) is 0 Å². The van der Waals surface area contributed by atoms with Crippen molar-refractivity contribution in [2.24, 2.45) is 0 Å². The first-order valence-corrected chi connectivity index (χ1v) is 11.9. The Balaban J connectivity index is 1.65. The molecule has 2 N–H and O–H groups in total. The first-order chi connectivity index (χ1) is 16.1. The van der Waals surface area contributed by atoms with Crippen LogP contribution in [0.1, 0.15) is 41.6 Å². The van der Waals surface area contributed by atoms with Gasteiger partial charge in [0.25, 0.3) is 5.91 Å². The third-order valence-electron chi connectivity index (χ3n) is 4.98. The maximum Gasteiger partial charge on any atom is 0.255 e. The van der Waals surface area contributed by atoms with Gasteiger partial charge in [-0.25, -0.2) is 4.21 Å². The number of nitriles is 1. The molecule has 33 heavy (non-hydrogen) atoms. The molecular weight excluding hydrogens is 436 g/mol. The predicted octanol–water partition coefficient (Wildman–Crippen LogP) is 4.91. The lowest BCUT2D eigenvalue weighted by molar-refractivity contribution is 0.102. The quantitative estimate of drug-likeness (QED) is 0.395. The van der Waals surface area contributed by atoms with Crippen LogP contribution >= 0.6 is 0 Å². The summed E-state index contributed by atoms with van der Waals surface area (Å²) < 4.78 is 18.9. The highest BCUT2D eigenvalue weighted by Crippen LogP contribution is 2.26. The highest BCUT2D eigenvalue weighted by Gasteiger charge is 2.17. The van der Waals surface area contributed by atoms with Gasteiger partial charge in [-0.2, -0.15) is 5.26 Å². The minimum Gasteiger partial charge on any atom is -0.494 e. The van der Waals surface area contributed by atoms with E-state index in [-0.39, 0.29) is 12.5 Å². The largest absolute Gasteiger partial charge is 0.494 e. The lowest BCUT2D eigenvalue weighted by Gasteiger charge is -2.12. The highest BCUT2D eigenvalue weighted by atomic mass is 32.2. The molecule has 170 valence electrons. The Bertz CT molecular complexity index is 1140. The van der Waals surface area contributed by atoms with Gasteiger partial charge in [-0.05, 0) is 67.8 Å². The number of amides is 1. The zero-order chi connectivity index (χ0) is 23.5. The van der Waals surface area contributed by atoms with Gasteiger partial charge in [0.15, 0.2) is 0 Å². The fraction of sp³-hybridized carbons (Fsp3) is 0.231. The Kier molecular flexibility index (Phi) is 9.19. The number of hydrogen-bond acceptors (Lipinski definition) is 5. The van der Waals surface area contributed by atoms with Gasteiger partial charge in [-0.3, -0.25) is 4.79 Å². The second-order valence-electron chi connectivity index (χ2n) is 7.34. The molecule has 3 aromatic carbocycles. The first-order valence-electron chi connectivity index (χ1n) is 10.8. The average Bonchev–Trinajstić information content (AvgIpc) is 2.86. The summed E-state index contributed by atoms with van der Waals surface area (Å²) in [5.74, 6) is 0.354. The third kappa shape index (κ3) is 6.75. The number of nitrogens with one attached hydrogen (secondary N) is 1. The molecule has 0 aliphatic rings. The number of carbonyl (C=O) groups is 1. The van der Waals surface area contributed by atoms with E-state index in [4.69, 9.17) is 9.84 Å². The standard InChI is InChI=1S/C26H26N2O4S/c27-19-21-9-3-5-11-24(21)33(31)25-12-6-4-10-23(25)28-26(30)20-13-15-22(16-14-20)32-18-8-2-1-7-17-29/h3-6,9-16,29H,1-2,7-8,17-18H2,(H,28,30). The normalized spacial score (nSPS) is 11.4. The molecule has 0 bridgehead atoms. The average molecular weight is 463 g/mol. The molecule has 3 rings (SSSR count). The molecule has 7 heteroatoms. The Morgan fingerprint density at radius 2 is 1.58 bits per heavy atom. The van der Waals surface area contributed by atoms with Crippen LogP contribution in [0.4, 0.5) is 5.69 Å². The molecule has 0 aromatic heterocycles. The molecule has 0 aliphatic heterocycles. The number of aliphatic hydroxyl groups excluding tert-OH is 1. The molecule has 0 heterocycles. The van der Waals surface area contributed by atoms with Crippen LogP contribution in [0.3, 0.4) is 0 Å². The zero-order valence-corrected chi connectivity index (χ0v) is 19.0. The van der Waals surface area contributed by atoms with E-state index in [0.29, 0.717) is 39.0 Å². The fourth-order valence-corrected chi connectivity index (χ4v) is 4.50. The van der Waals surface area contributed by atoms with E-state index in [1.165, 1.54) is 0 Å². The number of aliphatic hydroxyl groups is 1. The van der Waals surface area contributed by atoms with Crippen molar-refractivity contribution in [3.63, 3.8) is 0 Å². The summed E-state index contributed by atoms with van der Waals surface area (Å²) in [6, 6.07) is 22.5. The molecule has 0 saturated carbocycles. The van der Waals surface area contributed by atoms with Gasteiger partial charge in [-0.1, -0.05) is 30.7 Å². The Labute approximate surface area is 196 Å². The van der Waals surface area contributed by atoms with Gasteiger partial charge in [0.2, 0.25) is 0 Å². The summed E-state index contributed by atoms with van der Waals surface area (Å²) in [7, 11) is -1.62. The number of unbranched alkanes of at least 4 members (excludes halogenated alkanes) is 3. The van der Waals surface area contributed by atoms with Gasteiger partial charge < -0.3 is 15.2 Å². The van der Waals surface area contributed by atoms with Crippen molar-refractivity contribution in [3.05, 3.63) is 83.9 Å². The van der Waals surface area contributed by atoms with Crippen LogP contribution in [0.5, 0.6) is 5.75 Å². The van der Waals surface area contributed by atoms with E-state index < -0.39 is 10.8 Å². The van der Waals surface area contributed by atoms with Gasteiger partial charge in [0.05, 0.1) is 38.4 Å². The maximum atomic E-state index is 13.2. The summed E-state index contributed by atoms with van der Waals surface area (Å²) in [4.78, 5) is 13.6. The van der Waals surface area contributed by atoms with Crippen LogP contribution in [0, 0.1) is 11.3 Å². The molecule has 0 radical (unpaired) electrons. The molecule has 0 aliphatic carbocycles. The molecule has 1 atom stereocenters. The van der Waals surface area contributed by atoms with Crippen LogP contribution in [0.15, 0.2) is 82.6 Å². The van der Waals surface area contributed by atoms with Crippen LogP contribution < -0.4 is 10.1 Å². The summed E-state index contributed by atoms with van der Waals surface area (Å²) >= 11 is 0. The van der Waals surface area contributed by atoms with Crippen molar-refractivity contribution >= 4 is 22.4 Å². The predicted molar refractivity (Wildman–Crippen MR) is 128 cm³/mol. The number of benzene rings is 3. The van der Waals surface area contributed by atoms with Crippen molar-refractivity contribution < 1.29 is 18.8 Å². The topological polar surface area (TPSA) is 99.4 Å². The minimum atomic E-state index is -1.62. The summed E-state index contributed by atoms with van der Waals surface area (Å²) in [6.07, 6.45) is 3.70. The van der Waals surface area contributed by atoms with E-state index in [9.17, 15) is 14.3 Å². The van der Waals surface area contributed by atoms with Crippen molar-refractivity contribution in [1.82, 2.24) is 0 Å². The number of para-hydroxylation sites is 1. The monoisotopic (exact) mass is 462 g/mol. The van der Waals surface area contributed by atoms with Crippen LogP contribution in [-0.4, -0.2) is 28.4 Å². The minimum absolute atomic E-state index is 0.220. The molecule has 1 unspecified atom stereocenters. The molecular formula is C26H26N2O4S. The Morgan fingerprint density at radius 1 is 0.909 bits per heavy atom. The van der Waals surface area contributed by atoms with Crippen LogP contribution in [-0.2, 0) is 10.8 Å². The van der Waals surface area contributed by atoms with Gasteiger partial charge >= 0.3 is 0 Å². The van der Waals surface area contributed by atoms with E-state index in [1.807, 2.05) is 0 Å². The first kappa shape index (κ1) is 24.2. The molecule has 0 spiro atoms. The SMILES string of the molecule is N#Cc1ccccc1S(=O)c1ccccc1NC(=O)c1ccc(OCCCCCCO)cc1. The summed E-state index contributed by atoms with van der Waals surface area (Å²) in [6.45, 7) is 0.804. The Morgan fingerprint density at radius 3 is 2.30 bits per heavy atom. The van der Waals surface area contributed by atoms with Crippen LogP contribution in [0.2, 0.25) is 0 Å². The van der Waals surface area contributed by atoms with E-state index >= 15 is 0 Å². The smallest absolute Gasteiger partial charge is 0.255 e. The number of ether oxygens (including phenoxy) is 1. The van der Waals surface area contributed by atoms with Crippen molar-refractivity contribution in [1.29, 1.82) is 5.26 Å². The van der Waals surface area contributed by atoms with Crippen molar-refractivity contribution in [2.45, 2.75) is 35.5 Å². The number of anilines is 1. The lowest BCUT2D eigenvalue weighted by atomic mass is 10.2. The van der Waals surface area contributed by atoms with Crippen molar-refractivity contribution in [2.75, 3.05) is 18.5 Å². The molecule has 6 nitrogen and oxygen atoms in total. The molecule has 1 amide bonds. The van der Waals surface area contributed by atoms with E-state index in [0.717, 1.165) is 25.7 Å². The van der Waals surface area contributed by atoms with Gasteiger partial charge in [0.1, 0.15) is 11.8 Å². The van der Waals surface area contributed by atoms with Gasteiger partial charge in [0, 0.05) is 12.2 Å². The number of hydrogen-bond donors (Lipinski definition) is 2. The third-order valence-corrected chi connectivity index (χ3v) is 6.49.